The Balaban J connectivity index is 2.84. The summed E-state index contributed by atoms with van der Waals surface area (Å²) in [6, 6.07) is 1.55. The van der Waals surface area contributed by atoms with Crippen molar-refractivity contribution in [2.45, 2.75) is 12.5 Å². The van der Waals surface area contributed by atoms with Crippen LogP contribution in [0.2, 0.25) is 10.0 Å². The normalized spacial score (nSPS) is 14.2. The fraction of sp³-hybridized carbons (Fsp3) is 0.500. The zero-order valence-corrected chi connectivity index (χ0v) is 11.1. The van der Waals surface area contributed by atoms with Crippen LogP contribution >= 0.6 is 23.2 Å². The first kappa shape index (κ1) is 14.3. The number of pyridine rings is 1. The van der Waals surface area contributed by atoms with Crippen LogP contribution in [0, 0.1) is 0 Å². The molecule has 96 valence electrons. The predicted octanol–water partition coefficient (Wildman–Crippen LogP) is 1.59. The van der Waals surface area contributed by atoms with Gasteiger partial charge in [-0.15, -0.1) is 0 Å². The summed E-state index contributed by atoms with van der Waals surface area (Å²) < 4.78 is 0. The van der Waals surface area contributed by atoms with E-state index in [-0.39, 0.29) is 13.2 Å². The summed E-state index contributed by atoms with van der Waals surface area (Å²) in [5.41, 5.74) is -1.23. The van der Waals surface area contributed by atoms with E-state index >= 15 is 0 Å². The second-order valence-corrected chi connectivity index (χ2v) is 4.72. The number of halogens is 2. The second kappa shape index (κ2) is 5.73. The van der Waals surface area contributed by atoms with Crippen molar-refractivity contribution in [2.24, 2.45) is 0 Å². The molecule has 1 heterocycles. The van der Waals surface area contributed by atoms with Gasteiger partial charge in [-0.1, -0.05) is 23.2 Å². The van der Waals surface area contributed by atoms with E-state index in [1.807, 2.05) is 0 Å². The molecular weight excluding hydrogens is 265 g/mol. The van der Waals surface area contributed by atoms with Crippen molar-refractivity contribution < 1.29 is 10.2 Å². The first-order valence-electron chi connectivity index (χ1n) is 5.00. The maximum atomic E-state index is 9.63. The predicted molar refractivity (Wildman–Crippen MR) is 70.0 cm³/mol. The van der Waals surface area contributed by atoms with Gasteiger partial charge in [-0.3, -0.25) is 0 Å². The van der Waals surface area contributed by atoms with E-state index in [0.29, 0.717) is 21.7 Å². The summed E-state index contributed by atoms with van der Waals surface area (Å²) in [6.07, 6.45) is 0. The Morgan fingerprint density at radius 2 is 1.94 bits per heavy atom. The van der Waals surface area contributed by atoms with E-state index in [0.717, 1.165) is 0 Å². The number of nitrogens with one attached hydrogen (secondary N) is 2. The summed E-state index contributed by atoms with van der Waals surface area (Å²) >= 11 is 11.8. The number of rotatable bonds is 5. The molecule has 0 radical (unpaired) electrons. The first-order chi connectivity index (χ1) is 7.89. The van der Waals surface area contributed by atoms with Crippen LogP contribution in [-0.2, 0) is 0 Å². The molecule has 1 unspecified atom stereocenters. The SMILES string of the molecule is CNc1nc(NCC(C)(O)CO)c(Cl)cc1Cl. The second-order valence-electron chi connectivity index (χ2n) is 3.91. The van der Waals surface area contributed by atoms with Gasteiger partial charge in [0.2, 0.25) is 0 Å². The van der Waals surface area contributed by atoms with Crippen LogP contribution in [0.5, 0.6) is 0 Å². The molecule has 1 atom stereocenters. The van der Waals surface area contributed by atoms with Gasteiger partial charge < -0.3 is 20.8 Å². The van der Waals surface area contributed by atoms with Gasteiger partial charge in [-0.2, -0.15) is 0 Å². The number of hydrogen-bond acceptors (Lipinski definition) is 5. The minimum absolute atomic E-state index is 0.126. The van der Waals surface area contributed by atoms with Gasteiger partial charge in [-0.05, 0) is 13.0 Å². The molecule has 1 aromatic rings. The van der Waals surface area contributed by atoms with Gasteiger partial charge >= 0.3 is 0 Å². The molecule has 1 aromatic heterocycles. The molecule has 0 bridgehead atoms. The highest BCUT2D eigenvalue weighted by atomic mass is 35.5. The Bertz CT molecular complexity index is 399. The van der Waals surface area contributed by atoms with E-state index in [9.17, 15) is 5.11 Å². The lowest BCUT2D eigenvalue weighted by molar-refractivity contribution is 0.0132. The van der Waals surface area contributed by atoms with Crippen molar-refractivity contribution in [1.82, 2.24) is 4.98 Å². The number of aliphatic hydroxyl groups is 2. The highest BCUT2D eigenvalue weighted by Gasteiger charge is 2.19. The molecule has 0 aliphatic carbocycles. The fourth-order valence-electron chi connectivity index (χ4n) is 1.10. The molecule has 0 aliphatic heterocycles. The molecule has 0 spiro atoms. The van der Waals surface area contributed by atoms with Crippen molar-refractivity contribution in [3.8, 4) is 0 Å². The molecule has 0 aromatic carbocycles. The number of aliphatic hydroxyl groups excluding tert-OH is 1. The topological polar surface area (TPSA) is 77.4 Å². The summed E-state index contributed by atoms with van der Waals surface area (Å²) in [7, 11) is 1.69. The lowest BCUT2D eigenvalue weighted by Crippen LogP contribution is -2.37. The minimum atomic E-state index is -1.23. The van der Waals surface area contributed by atoms with Crippen LogP contribution in [0.25, 0.3) is 0 Å². The Labute approximate surface area is 110 Å². The highest BCUT2D eigenvalue weighted by molar-refractivity contribution is 6.37. The molecule has 17 heavy (non-hydrogen) atoms. The van der Waals surface area contributed by atoms with E-state index in [1.165, 1.54) is 6.92 Å². The van der Waals surface area contributed by atoms with E-state index in [4.69, 9.17) is 28.3 Å². The van der Waals surface area contributed by atoms with Gasteiger partial charge in [0.1, 0.15) is 17.2 Å². The van der Waals surface area contributed by atoms with E-state index in [1.54, 1.807) is 13.1 Å². The molecule has 0 saturated carbocycles. The van der Waals surface area contributed by atoms with E-state index < -0.39 is 5.60 Å². The van der Waals surface area contributed by atoms with Gasteiger partial charge in [-0.25, -0.2) is 4.98 Å². The molecule has 4 N–H and O–H groups in total. The molecular formula is C10H15Cl2N3O2. The van der Waals surface area contributed by atoms with Crippen LogP contribution in [-0.4, -0.2) is 41.0 Å². The number of hydrogen-bond donors (Lipinski definition) is 4. The third kappa shape index (κ3) is 3.89. The van der Waals surface area contributed by atoms with Crippen LogP contribution in [0.4, 0.5) is 11.6 Å². The molecule has 0 aliphatic rings. The van der Waals surface area contributed by atoms with Gasteiger partial charge in [0.25, 0.3) is 0 Å². The highest BCUT2D eigenvalue weighted by Crippen LogP contribution is 2.29. The van der Waals surface area contributed by atoms with Crippen molar-refractivity contribution in [3.05, 3.63) is 16.1 Å². The average molecular weight is 280 g/mol. The Morgan fingerprint density at radius 1 is 1.35 bits per heavy atom. The first-order valence-corrected chi connectivity index (χ1v) is 5.76. The average Bonchev–Trinajstić information content (AvgIpc) is 2.28. The fourth-order valence-corrected chi connectivity index (χ4v) is 1.62. The number of anilines is 2. The number of nitrogens with zero attached hydrogens (tertiary/aromatic N) is 1. The number of aromatic nitrogens is 1. The summed E-state index contributed by atoms with van der Waals surface area (Å²) in [6.45, 7) is 1.27. The maximum absolute atomic E-state index is 9.63. The summed E-state index contributed by atoms with van der Waals surface area (Å²) in [5.74, 6) is 0.886. The standard InChI is InChI=1S/C10H15Cl2N3O2/c1-10(17,5-16)4-14-9-7(12)3-6(11)8(13-2)15-9/h3,16-17H,4-5H2,1-2H3,(H2,13,14,15). The van der Waals surface area contributed by atoms with Crippen LogP contribution in [0.3, 0.4) is 0 Å². The lowest BCUT2D eigenvalue weighted by Gasteiger charge is -2.21. The van der Waals surface area contributed by atoms with Crippen LogP contribution in [0.15, 0.2) is 6.07 Å². The smallest absolute Gasteiger partial charge is 0.147 e. The van der Waals surface area contributed by atoms with Gasteiger partial charge in [0.15, 0.2) is 0 Å². The molecule has 1 rings (SSSR count). The maximum Gasteiger partial charge on any atom is 0.147 e. The van der Waals surface area contributed by atoms with Gasteiger partial charge in [0.05, 0.1) is 16.7 Å². The van der Waals surface area contributed by atoms with Gasteiger partial charge in [0, 0.05) is 13.6 Å². The lowest BCUT2D eigenvalue weighted by atomic mass is 10.1. The minimum Gasteiger partial charge on any atom is -0.393 e. The summed E-state index contributed by atoms with van der Waals surface area (Å²) in [4.78, 5) is 4.15. The largest absolute Gasteiger partial charge is 0.393 e. The van der Waals surface area contributed by atoms with Crippen molar-refractivity contribution in [3.63, 3.8) is 0 Å². The molecule has 0 fully saturated rings. The van der Waals surface area contributed by atoms with Crippen molar-refractivity contribution in [2.75, 3.05) is 30.8 Å². The molecule has 7 heteroatoms. The quantitative estimate of drug-likeness (QED) is 0.659. The molecule has 0 amide bonds. The van der Waals surface area contributed by atoms with Crippen LogP contribution < -0.4 is 10.6 Å². The molecule has 0 saturated heterocycles. The molecule has 5 nitrogen and oxygen atoms in total. The summed E-state index contributed by atoms with van der Waals surface area (Å²) in [5, 5.41) is 25.0. The monoisotopic (exact) mass is 279 g/mol. The zero-order chi connectivity index (χ0) is 13.1. The third-order valence-electron chi connectivity index (χ3n) is 2.14. The van der Waals surface area contributed by atoms with Crippen molar-refractivity contribution in [1.29, 1.82) is 0 Å². The Morgan fingerprint density at radius 3 is 2.47 bits per heavy atom. The Kier molecular flexibility index (Phi) is 4.82. The van der Waals surface area contributed by atoms with Crippen LogP contribution in [0.1, 0.15) is 6.92 Å². The zero-order valence-electron chi connectivity index (χ0n) is 9.59. The Hall–Kier alpha value is -0.750. The van der Waals surface area contributed by atoms with E-state index in [2.05, 4.69) is 15.6 Å². The third-order valence-corrected chi connectivity index (χ3v) is 2.72. The van der Waals surface area contributed by atoms with Crippen molar-refractivity contribution >= 4 is 34.8 Å².